The number of rotatable bonds is 1. The van der Waals surface area contributed by atoms with Gasteiger partial charge in [-0.1, -0.05) is 38.8 Å². The maximum atomic E-state index is 5.85. The summed E-state index contributed by atoms with van der Waals surface area (Å²) in [7, 11) is 0. The van der Waals surface area contributed by atoms with Crippen LogP contribution in [0.2, 0.25) is 0 Å². The summed E-state index contributed by atoms with van der Waals surface area (Å²) in [6.07, 6.45) is 5.40. The number of anilines is 1. The largest absolute Gasteiger partial charge is 0.399 e. The van der Waals surface area contributed by atoms with Gasteiger partial charge in [-0.15, -0.1) is 0 Å². The van der Waals surface area contributed by atoms with E-state index >= 15 is 0 Å². The van der Waals surface area contributed by atoms with Crippen molar-refractivity contribution in [3.8, 4) is 0 Å². The van der Waals surface area contributed by atoms with Crippen LogP contribution in [0.4, 0.5) is 5.69 Å². The van der Waals surface area contributed by atoms with E-state index in [1.807, 2.05) is 6.07 Å². The Labute approximate surface area is 92.7 Å². The molecule has 0 bridgehead atoms. The molecule has 0 saturated heterocycles. The lowest BCUT2D eigenvalue weighted by molar-refractivity contribution is 0.200. The van der Waals surface area contributed by atoms with Crippen LogP contribution in [0.5, 0.6) is 0 Å². The van der Waals surface area contributed by atoms with Crippen LogP contribution in [0.25, 0.3) is 0 Å². The molecule has 0 amide bonds. The van der Waals surface area contributed by atoms with Crippen LogP contribution in [0.1, 0.15) is 51.0 Å². The van der Waals surface area contributed by atoms with Gasteiger partial charge in [-0.3, -0.25) is 0 Å². The standard InChI is InChI=1S/C14H21N/c1-14(2)9-4-3-8-13(14)11-6-5-7-12(15)10-11/h5-7,10,13H,3-4,8-9,15H2,1-2H3/t13-/m1/s1. The lowest BCUT2D eigenvalue weighted by atomic mass is 9.66. The van der Waals surface area contributed by atoms with E-state index in [0.717, 1.165) is 5.69 Å². The second-order valence-electron chi connectivity index (χ2n) is 5.46. The van der Waals surface area contributed by atoms with Crippen molar-refractivity contribution in [1.29, 1.82) is 0 Å². The summed E-state index contributed by atoms with van der Waals surface area (Å²) in [5.74, 6) is 0.690. The van der Waals surface area contributed by atoms with Crippen LogP contribution in [0.15, 0.2) is 24.3 Å². The Morgan fingerprint density at radius 1 is 1.27 bits per heavy atom. The second-order valence-corrected chi connectivity index (χ2v) is 5.46. The molecule has 0 unspecified atom stereocenters. The average molecular weight is 203 g/mol. The first-order chi connectivity index (χ1) is 7.09. The number of nitrogens with two attached hydrogens (primary N) is 1. The fraction of sp³-hybridized carbons (Fsp3) is 0.571. The molecule has 2 N–H and O–H groups in total. The maximum Gasteiger partial charge on any atom is 0.0316 e. The summed E-state index contributed by atoms with van der Waals surface area (Å²) in [5.41, 5.74) is 8.62. The minimum absolute atomic E-state index is 0.437. The van der Waals surface area contributed by atoms with Gasteiger partial charge in [0.25, 0.3) is 0 Å². The van der Waals surface area contributed by atoms with Crippen molar-refractivity contribution >= 4 is 5.69 Å². The fourth-order valence-electron chi connectivity index (χ4n) is 2.89. The molecule has 0 heterocycles. The molecule has 1 saturated carbocycles. The van der Waals surface area contributed by atoms with E-state index in [2.05, 4.69) is 32.0 Å². The number of hydrogen-bond acceptors (Lipinski definition) is 1. The molecule has 1 aliphatic rings. The van der Waals surface area contributed by atoms with Crippen LogP contribution in [-0.4, -0.2) is 0 Å². The first-order valence-corrected chi connectivity index (χ1v) is 5.95. The summed E-state index contributed by atoms with van der Waals surface area (Å²) in [5, 5.41) is 0. The lowest BCUT2D eigenvalue weighted by Crippen LogP contribution is -2.25. The fourth-order valence-corrected chi connectivity index (χ4v) is 2.89. The summed E-state index contributed by atoms with van der Waals surface area (Å²) in [6, 6.07) is 8.43. The third kappa shape index (κ3) is 2.17. The van der Waals surface area contributed by atoms with E-state index < -0.39 is 0 Å². The van der Waals surface area contributed by atoms with Crippen LogP contribution < -0.4 is 5.73 Å². The van der Waals surface area contributed by atoms with Gasteiger partial charge in [-0.2, -0.15) is 0 Å². The Bertz CT molecular complexity index is 341. The minimum atomic E-state index is 0.437. The van der Waals surface area contributed by atoms with Gasteiger partial charge in [0.05, 0.1) is 0 Å². The van der Waals surface area contributed by atoms with Crippen LogP contribution in [-0.2, 0) is 0 Å². The zero-order chi connectivity index (χ0) is 10.9. The zero-order valence-electron chi connectivity index (χ0n) is 9.79. The Morgan fingerprint density at radius 2 is 2.07 bits per heavy atom. The molecule has 1 heteroatoms. The topological polar surface area (TPSA) is 26.0 Å². The number of benzene rings is 1. The molecule has 0 aliphatic heterocycles. The molecule has 0 aromatic heterocycles. The summed E-state index contributed by atoms with van der Waals surface area (Å²) in [6.45, 7) is 4.78. The Hall–Kier alpha value is -0.980. The smallest absolute Gasteiger partial charge is 0.0316 e. The van der Waals surface area contributed by atoms with Crippen molar-refractivity contribution in [3.63, 3.8) is 0 Å². The van der Waals surface area contributed by atoms with Crippen LogP contribution in [0, 0.1) is 5.41 Å². The van der Waals surface area contributed by atoms with E-state index in [0.29, 0.717) is 11.3 Å². The van der Waals surface area contributed by atoms with E-state index in [1.54, 1.807) is 0 Å². The van der Waals surface area contributed by atoms with E-state index in [4.69, 9.17) is 5.73 Å². The van der Waals surface area contributed by atoms with E-state index in [1.165, 1.54) is 31.2 Å². The van der Waals surface area contributed by atoms with Crippen LogP contribution >= 0.6 is 0 Å². The Balaban J connectivity index is 2.29. The van der Waals surface area contributed by atoms with Gasteiger partial charge in [0.1, 0.15) is 0 Å². The van der Waals surface area contributed by atoms with Gasteiger partial charge < -0.3 is 5.73 Å². The van der Waals surface area contributed by atoms with Crippen molar-refractivity contribution in [2.24, 2.45) is 5.41 Å². The summed E-state index contributed by atoms with van der Waals surface area (Å²) >= 11 is 0. The van der Waals surface area contributed by atoms with E-state index in [-0.39, 0.29) is 0 Å². The first kappa shape index (κ1) is 10.5. The molecule has 1 aliphatic carbocycles. The molecule has 0 radical (unpaired) electrons. The molecular weight excluding hydrogens is 182 g/mol. The maximum absolute atomic E-state index is 5.85. The zero-order valence-corrected chi connectivity index (χ0v) is 9.79. The SMILES string of the molecule is CC1(C)CCCC[C@@H]1c1cccc(N)c1. The van der Waals surface area contributed by atoms with Gasteiger partial charge in [0.2, 0.25) is 0 Å². The molecular formula is C14H21N. The predicted molar refractivity (Wildman–Crippen MR) is 65.8 cm³/mol. The normalized spacial score (nSPS) is 25.1. The van der Waals surface area contributed by atoms with Crippen molar-refractivity contribution in [2.75, 3.05) is 5.73 Å². The van der Waals surface area contributed by atoms with Crippen LogP contribution in [0.3, 0.4) is 0 Å². The molecule has 2 rings (SSSR count). The third-order valence-corrected chi connectivity index (χ3v) is 3.82. The molecule has 1 aromatic rings. The van der Waals surface area contributed by atoms with Gasteiger partial charge in [-0.25, -0.2) is 0 Å². The molecule has 1 aromatic carbocycles. The number of nitrogen functional groups attached to an aromatic ring is 1. The Kier molecular flexibility index (Phi) is 2.72. The quantitative estimate of drug-likeness (QED) is 0.687. The summed E-state index contributed by atoms with van der Waals surface area (Å²) in [4.78, 5) is 0. The van der Waals surface area contributed by atoms with Crippen molar-refractivity contribution in [3.05, 3.63) is 29.8 Å². The monoisotopic (exact) mass is 203 g/mol. The summed E-state index contributed by atoms with van der Waals surface area (Å²) < 4.78 is 0. The average Bonchev–Trinajstić information content (AvgIpc) is 2.17. The predicted octanol–water partition coefficient (Wildman–Crippen LogP) is 3.95. The minimum Gasteiger partial charge on any atom is -0.399 e. The van der Waals surface area contributed by atoms with Gasteiger partial charge in [0.15, 0.2) is 0 Å². The molecule has 0 spiro atoms. The second kappa shape index (κ2) is 3.88. The highest BCUT2D eigenvalue weighted by atomic mass is 14.5. The highest BCUT2D eigenvalue weighted by molar-refractivity contribution is 5.42. The van der Waals surface area contributed by atoms with Crippen molar-refractivity contribution < 1.29 is 0 Å². The van der Waals surface area contributed by atoms with Crippen molar-refractivity contribution in [2.45, 2.75) is 45.4 Å². The highest BCUT2D eigenvalue weighted by Gasteiger charge is 2.32. The molecule has 82 valence electrons. The third-order valence-electron chi connectivity index (χ3n) is 3.82. The van der Waals surface area contributed by atoms with Gasteiger partial charge >= 0.3 is 0 Å². The Morgan fingerprint density at radius 3 is 2.73 bits per heavy atom. The van der Waals surface area contributed by atoms with E-state index in [9.17, 15) is 0 Å². The molecule has 15 heavy (non-hydrogen) atoms. The molecule has 1 atom stereocenters. The molecule has 1 nitrogen and oxygen atoms in total. The van der Waals surface area contributed by atoms with Gasteiger partial charge in [0, 0.05) is 5.69 Å². The number of hydrogen-bond donors (Lipinski definition) is 1. The lowest BCUT2D eigenvalue weighted by Gasteiger charge is -2.39. The van der Waals surface area contributed by atoms with Crippen molar-refractivity contribution in [1.82, 2.24) is 0 Å². The first-order valence-electron chi connectivity index (χ1n) is 5.95. The molecule has 1 fully saturated rings. The van der Waals surface area contributed by atoms with Gasteiger partial charge in [-0.05, 0) is 41.9 Å². The highest BCUT2D eigenvalue weighted by Crippen LogP contribution is 2.46.